The summed E-state index contributed by atoms with van der Waals surface area (Å²) in [5.74, 6) is -0.942. The summed E-state index contributed by atoms with van der Waals surface area (Å²) in [5, 5.41) is 11.4. The number of halogens is 1. The third-order valence-electron chi connectivity index (χ3n) is 2.24. The summed E-state index contributed by atoms with van der Waals surface area (Å²) >= 11 is 0. The fourth-order valence-electron chi connectivity index (χ4n) is 1.48. The first-order chi connectivity index (χ1) is 5.70. The van der Waals surface area contributed by atoms with Crippen molar-refractivity contribution >= 4 is 5.97 Å². The van der Waals surface area contributed by atoms with E-state index in [0.29, 0.717) is 25.9 Å². The predicted octanol–water partition coefficient (Wildman–Crippen LogP) is 0.799. The monoisotopic (exact) mass is 175 g/mol. The summed E-state index contributed by atoms with van der Waals surface area (Å²) in [6.45, 7) is 1.33. The van der Waals surface area contributed by atoms with Gasteiger partial charge in [0.15, 0.2) is 0 Å². The quantitative estimate of drug-likeness (QED) is 0.667. The molecule has 0 spiro atoms. The zero-order chi connectivity index (χ0) is 8.97. The Morgan fingerprint density at radius 3 is 3.00 bits per heavy atom. The van der Waals surface area contributed by atoms with Gasteiger partial charge in [-0.2, -0.15) is 0 Å². The standard InChI is InChI=1S/C8H14FNO2/c9-7-3-4-10-5-6(7)1-2-8(11)12/h6-7,10H,1-5H2,(H,11,12). The first-order valence-corrected chi connectivity index (χ1v) is 4.26. The number of carboxylic acid groups (broad SMARTS) is 1. The Hall–Kier alpha value is -0.640. The van der Waals surface area contributed by atoms with Gasteiger partial charge in [0, 0.05) is 18.9 Å². The maximum absolute atomic E-state index is 13.1. The van der Waals surface area contributed by atoms with E-state index in [-0.39, 0.29) is 12.3 Å². The van der Waals surface area contributed by atoms with Crippen molar-refractivity contribution in [1.29, 1.82) is 0 Å². The van der Waals surface area contributed by atoms with Crippen molar-refractivity contribution in [2.75, 3.05) is 13.1 Å². The largest absolute Gasteiger partial charge is 0.481 e. The van der Waals surface area contributed by atoms with Gasteiger partial charge in [-0.1, -0.05) is 0 Å². The van der Waals surface area contributed by atoms with Crippen LogP contribution in [0, 0.1) is 5.92 Å². The first kappa shape index (κ1) is 9.45. The molecule has 0 amide bonds. The van der Waals surface area contributed by atoms with Crippen molar-refractivity contribution in [3.63, 3.8) is 0 Å². The molecule has 1 rings (SSSR count). The average molecular weight is 175 g/mol. The fraction of sp³-hybridized carbons (Fsp3) is 0.875. The summed E-state index contributed by atoms with van der Waals surface area (Å²) < 4.78 is 13.1. The van der Waals surface area contributed by atoms with E-state index < -0.39 is 12.1 Å². The molecule has 0 saturated carbocycles. The summed E-state index contributed by atoms with van der Waals surface area (Å²) in [4.78, 5) is 10.2. The maximum atomic E-state index is 13.1. The molecule has 1 heterocycles. The van der Waals surface area contributed by atoms with Crippen LogP contribution in [0.5, 0.6) is 0 Å². The smallest absolute Gasteiger partial charge is 0.303 e. The van der Waals surface area contributed by atoms with Crippen LogP contribution in [0.15, 0.2) is 0 Å². The second-order valence-corrected chi connectivity index (χ2v) is 3.20. The number of piperidine rings is 1. The zero-order valence-corrected chi connectivity index (χ0v) is 6.92. The van der Waals surface area contributed by atoms with E-state index in [1.54, 1.807) is 0 Å². The van der Waals surface area contributed by atoms with Gasteiger partial charge in [-0.05, 0) is 19.4 Å². The number of rotatable bonds is 3. The maximum Gasteiger partial charge on any atom is 0.303 e. The van der Waals surface area contributed by atoms with Gasteiger partial charge in [-0.3, -0.25) is 4.79 Å². The van der Waals surface area contributed by atoms with E-state index in [2.05, 4.69) is 5.32 Å². The molecule has 1 aliphatic heterocycles. The zero-order valence-electron chi connectivity index (χ0n) is 6.92. The summed E-state index contributed by atoms with van der Waals surface area (Å²) in [5.41, 5.74) is 0. The molecule has 2 unspecified atom stereocenters. The Balaban J connectivity index is 2.24. The number of carbonyl (C=O) groups is 1. The van der Waals surface area contributed by atoms with Crippen LogP contribution in [0.1, 0.15) is 19.3 Å². The van der Waals surface area contributed by atoms with Crippen LogP contribution in [0.2, 0.25) is 0 Å². The van der Waals surface area contributed by atoms with Crippen molar-refractivity contribution in [3.05, 3.63) is 0 Å². The fourth-order valence-corrected chi connectivity index (χ4v) is 1.48. The minimum Gasteiger partial charge on any atom is -0.481 e. The Labute approximate surface area is 71.0 Å². The average Bonchev–Trinajstić information content (AvgIpc) is 2.03. The van der Waals surface area contributed by atoms with Crippen LogP contribution in [-0.2, 0) is 4.79 Å². The summed E-state index contributed by atoms with van der Waals surface area (Å²) in [7, 11) is 0. The predicted molar refractivity (Wildman–Crippen MR) is 42.7 cm³/mol. The minimum absolute atomic E-state index is 0.0762. The Bertz CT molecular complexity index is 163. The van der Waals surface area contributed by atoms with Gasteiger partial charge in [-0.25, -0.2) is 4.39 Å². The van der Waals surface area contributed by atoms with Crippen molar-refractivity contribution in [2.24, 2.45) is 5.92 Å². The molecular weight excluding hydrogens is 161 g/mol. The Morgan fingerprint density at radius 2 is 2.42 bits per heavy atom. The van der Waals surface area contributed by atoms with Crippen LogP contribution in [0.25, 0.3) is 0 Å². The molecule has 0 radical (unpaired) electrons. The van der Waals surface area contributed by atoms with Gasteiger partial charge in [-0.15, -0.1) is 0 Å². The van der Waals surface area contributed by atoms with Crippen molar-refractivity contribution in [2.45, 2.75) is 25.4 Å². The van der Waals surface area contributed by atoms with Gasteiger partial charge in [0.1, 0.15) is 6.17 Å². The second-order valence-electron chi connectivity index (χ2n) is 3.20. The van der Waals surface area contributed by atoms with Crippen LogP contribution >= 0.6 is 0 Å². The topological polar surface area (TPSA) is 49.3 Å². The molecule has 3 nitrogen and oxygen atoms in total. The van der Waals surface area contributed by atoms with Crippen LogP contribution in [0.3, 0.4) is 0 Å². The number of hydrogen-bond acceptors (Lipinski definition) is 2. The molecule has 2 atom stereocenters. The highest BCUT2D eigenvalue weighted by Crippen LogP contribution is 2.19. The molecule has 12 heavy (non-hydrogen) atoms. The van der Waals surface area contributed by atoms with E-state index in [1.165, 1.54) is 0 Å². The number of carboxylic acids is 1. The lowest BCUT2D eigenvalue weighted by Gasteiger charge is -2.25. The minimum atomic E-state index is -0.840. The highest BCUT2D eigenvalue weighted by atomic mass is 19.1. The molecule has 0 aliphatic carbocycles. The normalized spacial score (nSPS) is 30.1. The van der Waals surface area contributed by atoms with Gasteiger partial charge < -0.3 is 10.4 Å². The lowest BCUT2D eigenvalue weighted by Crippen LogP contribution is -2.37. The molecule has 1 saturated heterocycles. The van der Waals surface area contributed by atoms with Crippen LogP contribution < -0.4 is 5.32 Å². The van der Waals surface area contributed by atoms with Crippen molar-refractivity contribution in [1.82, 2.24) is 5.32 Å². The van der Waals surface area contributed by atoms with Gasteiger partial charge in [0.25, 0.3) is 0 Å². The second kappa shape index (κ2) is 4.40. The number of hydrogen-bond donors (Lipinski definition) is 2. The number of nitrogens with one attached hydrogen (secondary N) is 1. The molecule has 2 N–H and O–H groups in total. The Kier molecular flexibility index (Phi) is 3.47. The molecule has 0 aromatic carbocycles. The van der Waals surface area contributed by atoms with E-state index >= 15 is 0 Å². The van der Waals surface area contributed by atoms with Gasteiger partial charge >= 0.3 is 5.97 Å². The van der Waals surface area contributed by atoms with E-state index in [4.69, 9.17) is 5.11 Å². The number of alkyl halides is 1. The van der Waals surface area contributed by atoms with Crippen LogP contribution in [0.4, 0.5) is 4.39 Å². The van der Waals surface area contributed by atoms with Crippen molar-refractivity contribution in [3.8, 4) is 0 Å². The van der Waals surface area contributed by atoms with Gasteiger partial charge in [0.05, 0.1) is 0 Å². The van der Waals surface area contributed by atoms with E-state index in [1.807, 2.05) is 0 Å². The molecule has 1 aliphatic rings. The molecular formula is C8H14FNO2. The number of aliphatic carboxylic acids is 1. The molecule has 1 fully saturated rings. The molecule has 0 aromatic heterocycles. The van der Waals surface area contributed by atoms with E-state index in [0.717, 1.165) is 0 Å². The first-order valence-electron chi connectivity index (χ1n) is 4.26. The molecule has 70 valence electrons. The highest BCUT2D eigenvalue weighted by molar-refractivity contribution is 5.66. The highest BCUT2D eigenvalue weighted by Gasteiger charge is 2.24. The summed E-state index contributed by atoms with van der Waals surface area (Å²) in [6.07, 6.45) is 0.228. The lowest BCUT2D eigenvalue weighted by atomic mass is 9.93. The lowest BCUT2D eigenvalue weighted by molar-refractivity contribution is -0.137. The van der Waals surface area contributed by atoms with Gasteiger partial charge in [0.2, 0.25) is 0 Å². The molecule has 0 aromatic rings. The SMILES string of the molecule is O=C(O)CCC1CNCCC1F. The van der Waals surface area contributed by atoms with Crippen molar-refractivity contribution < 1.29 is 14.3 Å². The molecule has 4 heteroatoms. The third kappa shape index (κ3) is 2.77. The van der Waals surface area contributed by atoms with E-state index in [9.17, 15) is 9.18 Å². The van der Waals surface area contributed by atoms with Crippen LogP contribution in [-0.4, -0.2) is 30.3 Å². The third-order valence-corrected chi connectivity index (χ3v) is 2.24. The summed E-state index contributed by atoms with van der Waals surface area (Å²) in [6, 6.07) is 0. The Morgan fingerprint density at radius 1 is 1.67 bits per heavy atom. The molecule has 0 bridgehead atoms.